The third kappa shape index (κ3) is 4.97. The van der Waals surface area contributed by atoms with Crippen LogP contribution in [-0.2, 0) is 17.6 Å². The molecule has 31 heavy (non-hydrogen) atoms. The van der Waals surface area contributed by atoms with E-state index < -0.39 is 24.4 Å². The first-order chi connectivity index (χ1) is 14.9. The van der Waals surface area contributed by atoms with Crippen molar-refractivity contribution in [1.29, 1.82) is 0 Å². The normalized spacial score (nSPS) is 21.7. The van der Waals surface area contributed by atoms with Crippen LogP contribution < -0.4 is 9.47 Å². The number of fused-ring (bicyclic) bond motifs is 2. The van der Waals surface area contributed by atoms with Crippen molar-refractivity contribution in [2.45, 2.75) is 50.1 Å². The van der Waals surface area contributed by atoms with Gasteiger partial charge in [-0.1, -0.05) is 0 Å². The first kappa shape index (κ1) is 21.5. The SMILES string of the molecule is O=CN(CC(O)C1CCc2cc(F)ccc2O1)CC(O)C1CCc2cc(F)ccc2O1. The molecule has 0 aromatic heterocycles. The quantitative estimate of drug-likeness (QED) is 0.655. The summed E-state index contributed by atoms with van der Waals surface area (Å²) in [7, 11) is 0. The highest BCUT2D eigenvalue weighted by molar-refractivity contribution is 5.47. The van der Waals surface area contributed by atoms with Crippen LogP contribution in [0.2, 0.25) is 0 Å². The van der Waals surface area contributed by atoms with Gasteiger partial charge in [0.25, 0.3) is 0 Å². The number of hydrogen-bond donors (Lipinski definition) is 2. The lowest BCUT2D eigenvalue weighted by molar-refractivity contribution is -0.123. The average molecular weight is 433 g/mol. The van der Waals surface area contributed by atoms with Gasteiger partial charge >= 0.3 is 0 Å². The molecule has 0 spiro atoms. The van der Waals surface area contributed by atoms with Crippen LogP contribution in [-0.4, -0.2) is 59.0 Å². The van der Waals surface area contributed by atoms with Crippen LogP contribution in [0.25, 0.3) is 0 Å². The summed E-state index contributed by atoms with van der Waals surface area (Å²) < 4.78 is 38.3. The van der Waals surface area contributed by atoms with E-state index in [0.717, 1.165) is 11.1 Å². The standard InChI is InChI=1S/C23H25F2NO5/c24-16-3-7-20-14(9-16)1-5-22(30-20)18(28)11-26(13-27)12-19(29)23-6-2-15-10-17(25)4-8-21(15)31-23/h3-4,7-10,13,18-19,22-23,28-29H,1-2,5-6,11-12H2. The Morgan fingerprint density at radius 3 is 1.77 bits per heavy atom. The monoisotopic (exact) mass is 433 g/mol. The second kappa shape index (κ2) is 9.20. The van der Waals surface area contributed by atoms with Crippen molar-refractivity contribution in [1.82, 2.24) is 4.90 Å². The molecule has 0 radical (unpaired) electrons. The van der Waals surface area contributed by atoms with E-state index in [-0.39, 0.29) is 24.7 Å². The minimum atomic E-state index is -0.966. The first-order valence-electron chi connectivity index (χ1n) is 10.4. The van der Waals surface area contributed by atoms with Gasteiger partial charge in [0.1, 0.15) is 47.5 Å². The summed E-state index contributed by atoms with van der Waals surface area (Å²) in [6.07, 6.45) is -0.320. The first-order valence-corrected chi connectivity index (χ1v) is 10.4. The van der Waals surface area contributed by atoms with Crippen LogP contribution in [0.1, 0.15) is 24.0 Å². The van der Waals surface area contributed by atoms with Crippen LogP contribution in [0.5, 0.6) is 11.5 Å². The van der Waals surface area contributed by atoms with Gasteiger partial charge in [-0.3, -0.25) is 4.79 Å². The maximum atomic E-state index is 13.3. The molecule has 0 saturated heterocycles. The fourth-order valence-corrected chi connectivity index (χ4v) is 4.17. The number of halogens is 2. The molecular weight excluding hydrogens is 408 g/mol. The molecule has 2 aromatic carbocycles. The Morgan fingerprint density at radius 1 is 0.903 bits per heavy atom. The molecular formula is C23H25F2NO5. The number of amides is 1. The number of nitrogens with zero attached hydrogens (tertiary/aromatic N) is 1. The Hall–Kier alpha value is -2.71. The van der Waals surface area contributed by atoms with Crippen LogP contribution >= 0.6 is 0 Å². The van der Waals surface area contributed by atoms with Crippen molar-refractivity contribution >= 4 is 6.41 Å². The zero-order valence-electron chi connectivity index (χ0n) is 16.9. The molecule has 6 nitrogen and oxygen atoms in total. The Labute approximate surface area is 179 Å². The fraction of sp³-hybridized carbons (Fsp3) is 0.435. The highest BCUT2D eigenvalue weighted by Gasteiger charge is 2.31. The predicted octanol–water partition coefficient (Wildman–Crippen LogP) is 2.23. The lowest BCUT2D eigenvalue weighted by Gasteiger charge is -2.34. The fourth-order valence-electron chi connectivity index (χ4n) is 4.17. The molecule has 2 N–H and O–H groups in total. The van der Waals surface area contributed by atoms with E-state index in [9.17, 15) is 23.8 Å². The van der Waals surface area contributed by atoms with Gasteiger partial charge in [0.05, 0.1) is 13.1 Å². The molecule has 0 fully saturated rings. The van der Waals surface area contributed by atoms with Crippen molar-refractivity contribution in [2.24, 2.45) is 0 Å². The highest BCUT2D eigenvalue weighted by Crippen LogP contribution is 2.31. The summed E-state index contributed by atoms with van der Waals surface area (Å²) in [6.45, 7) is -0.0352. The number of aryl methyl sites for hydroxylation is 2. The Morgan fingerprint density at radius 2 is 1.35 bits per heavy atom. The molecule has 4 unspecified atom stereocenters. The van der Waals surface area contributed by atoms with Crippen LogP contribution in [0, 0.1) is 11.6 Å². The maximum absolute atomic E-state index is 13.3. The van der Waals surface area contributed by atoms with Crippen LogP contribution in [0.3, 0.4) is 0 Å². The zero-order chi connectivity index (χ0) is 22.0. The van der Waals surface area contributed by atoms with E-state index in [4.69, 9.17) is 9.47 Å². The predicted molar refractivity (Wildman–Crippen MR) is 108 cm³/mol. The van der Waals surface area contributed by atoms with Crippen molar-refractivity contribution in [3.63, 3.8) is 0 Å². The van der Waals surface area contributed by atoms with E-state index in [1.807, 2.05) is 0 Å². The average Bonchev–Trinajstić information content (AvgIpc) is 2.77. The van der Waals surface area contributed by atoms with E-state index in [1.165, 1.54) is 41.3 Å². The summed E-state index contributed by atoms with van der Waals surface area (Å²) in [5.41, 5.74) is 1.50. The highest BCUT2D eigenvalue weighted by atomic mass is 19.1. The molecule has 4 rings (SSSR count). The lowest BCUT2D eigenvalue weighted by Crippen LogP contribution is -2.48. The molecule has 0 saturated carbocycles. The molecule has 2 aliphatic heterocycles. The van der Waals surface area contributed by atoms with Gasteiger partial charge in [-0.2, -0.15) is 0 Å². The smallest absolute Gasteiger partial charge is 0.209 e. The molecule has 1 amide bonds. The van der Waals surface area contributed by atoms with Crippen molar-refractivity contribution in [3.05, 3.63) is 59.2 Å². The van der Waals surface area contributed by atoms with E-state index in [2.05, 4.69) is 0 Å². The number of carbonyl (C=O) groups is 1. The van der Waals surface area contributed by atoms with Gasteiger partial charge in [-0.05, 0) is 73.2 Å². The summed E-state index contributed by atoms with van der Waals surface area (Å²) in [5, 5.41) is 21.2. The summed E-state index contributed by atoms with van der Waals surface area (Å²) in [4.78, 5) is 12.8. The van der Waals surface area contributed by atoms with Crippen molar-refractivity contribution in [2.75, 3.05) is 13.1 Å². The second-order valence-electron chi connectivity index (χ2n) is 8.09. The molecule has 2 aromatic rings. The molecule has 0 aliphatic carbocycles. The zero-order valence-corrected chi connectivity index (χ0v) is 16.9. The van der Waals surface area contributed by atoms with E-state index in [0.29, 0.717) is 43.6 Å². The number of rotatable bonds is 7. The number of aliphatic hydroxyl groups is 2. The van der Waals surface area contributed by atoms with Crippen LogP contribution in [0.15, 0.2) is 36.4 Å². The van der Waals surface area contributed by atoms with Crippen LogP contribution in [0.4, 0.5) is 8.78 Å². The summed E-state index contributed by atoms with van der Waals surface area (Å²) in [5.74, 6) is 0.389. The molecule has 0 bridgehead atoms. The minimum Gasteiger partial charge on any atom is -0.487 e. The van der Waals surface area contributed by atoms with E-state index in [1.54, 1.807) is 0 Å². The Balaban J connectivity index is 1.32. The number of benzene rings is 2. The largest absolute Gasteiger partial charge is 0.487 e. The number of aliphatic hydroxyl groups excluding tert-OH is 2. The molecule has 2 aliphatic rings. The Kier molecular flexibility index (Phi) is 6.38. The maximum Gasteiger partial charge on any atom is 0.209 e. The molecule has 2 heterocycles. The van der Waals surface area contributed by atoms with Gasteiger partial charge in [-0.25, -0.2) is 8.78 Å². The van der Waals surface area contributed by atoms with Gasteiger partial charge in [0.2, 0.25) is 6.41 Å². The van der Waals surface area contributed by atoms with Gasteiger partial charge in [0, 0.05) is 0 Å². The third-order valence-electron chi connectivity index (χ3n) is 5.85. The summed E-state index contributed by atoms with van der Waals surface area (Å²) in [6, 6.07) is 8.52. The summed E-state index contributed by atoms with van der Waals surface area (Å²) >= 11 is 0. The molecule has 4 atom stereocenters. The minimum absolute atomic E-state index is 0.0176. The third-order valence-corrected chi connectivity index (χ3v) is 5.85. The van der Waals surface area contributed by atoms with Gasteiger partial charge in [0.15, 0.2) is 0 Å². The van der Waals surface area contributed by atoms with Gasteiger partial charge in [-0.15, -0.1) is 0 Å². The second-order valence-corrected chi connectivity index (χ2v) is 8.09. The van der Waals surface area contributed by atoms with Gasteiger partial charge < -0.3 is 24.6 Å². The topological polar surface area (TPSA) is 79.2 Å². The number of hydrogen-bond acceptors (Lipinski definition) is 5. The Bertz CT molecular complexity index is 869. The molecule has 8 heteroatoms. The lowest BCUT2D eigenvalue weighted by atomic mass is 9.97. The number of carbonyl (C=O) groups excluding carboxylic acids is 1. The molecule has 166 valence electrons. The van der Waals surface area contributed by atoms with E-state index >= 15 is 0 Å². The number of ether oxygens (including phenoxy) is 2. The van der Waals surface area contributed by atoms with Crippen molar-refractivity contribution in [3.8, 4) is 11.5 Å². The van der Waals surface area contributed by atoms with Crippen molar-refractivity contribution < 1.29 is 33.3 Å².